The molecule has 0 bridgehead atoms. The maximum atomic E-state index is 13.4. The van der Waals surface area contributed by atoms with E-state index in [0.717, 1.165) is 10.4 Å². The molecule has 9 heteroatoms. The van der Waals surface area contributed by atoms with Crippen molar-refractivity contribution in [2.24, 2.45) is 0 Å². The van der Waals surface area contributed by atoms with Crippen molar-refractivity contribution in [2.45, 2.75) is 17.4 Å². The predicted molar refractivity (Wildman–Crippen MR) is 76.1 cm³/mol. The van der Waals surface area contributed by atoms with E-state index in [0.29, 0.717) is 0 Å². The molecule has 0 aromatic heterocycles. The van der Waals surface area contributed by atoms with Gasteiger partial charge in [0, 0.05) is 13.1 Å². The van der Waals surface area contributed by atoms with Crippen LogP contribution in [0.15, 0.2) is 27.6 Å². The molecule has 1 aromatic rings. The zero-order chi connectivity index (χ0) is 15.1. The summed E-state index contributed by atoms with van der Waals surface area (Å²) < 4.78 is 62.2. The SMILES string of the molecule is CN(C1CCS(=O)(=O)C1)S(=O)(=O)c1ccc(Br)c(F)c1. The third-order valence-corrected chi connectivity index (χ3v) is 7.59. The number of rotatable bonds is 3. The molecule has 2 rings (SSSR count). The second kappa shape index (κ2) is 5.36. The van der Waals surface area contributed by atoms with Gasteiger partial charge in [-0.05, 0) is 40.5 Å². The molecule has 1 fully saturated rings. The molecular formula is C11H13BrFNO4S2. The van der Waals surface area contributed by atoms with Gasteiger partial charge in [0.15, 0.2) is 9.84 Å². The summed E-state index contributed by atoms with van der Waals surface area (Å²) in [4.78, 5) is -0.190. The fourth-order valence-corrected chi connectivity index (χ4v) is 5.57. The van der Waals surface area contributed by atoms with E-state index in [-0.39, 0.29) is 27.3 Å². The maximum Gasteiger partial charge on any atom is 0.243 e. The van der Waals surface area contributed by atoms with Crippen molar-refractivity contribution < 1.29 is 21.2 Å². The first kappa shape index (κ1) is 15.9. The van der Waals surface area contributed by atoms with E-state index in [2.05, 4.69) is 15.9 Å². The molecule has 112 valence electrons. The molecule has 0 amide bonds. The van der Waals surface area contributed by atoms with E-state index in [1.54, 1.807) is 0 Å². The maximum absolute atomic E-state index is 13.4. The zero-order valence-electron chi connectivity index (χ0n) is 10.6. The van der Waals surface area contributed by atoms with Crippen molar-refractivity contribution in [3.8, 4) is 0 Å². The summed E-state index contributed by atoms with van der Waals surface area (Å²) in [6.07, 6.45) is 0.261. The van der Waals surface area contributed by atoms with Crippen LogP contribution in [-0.4, -0.2) is 45.7 Å². The van der Waals surface area contributed by atoms with E-state index in [1.165, 1.54) is 19.2 Å². The van der Waals surface area contributed by atoms with Gasteiger partial charge in [-0.15, -0.1) is 0 Å². The summed E-state index contributed by atoms with van der Waals surface area (Å²) in [5, 5.41) is 0. The Labute approximate surface area is 125 Å². The van der Waals surface area contributed by atoms with Crippen LogP contribution in [0.2, 0.25) is 0 Å². The number of benzene rings is 1. The number of hydrogen-bond donors (Lipinski definition) is 0. The molecule has 1 atom stereocenters. The van der Waals surface area contributed by atoms with Gasteiger partial charge in [-0.2, -0.15) is 4.31 Å². The lowest BCUT2D eigenvalue weighted by atomic mass is 10.3. The molecule has 0 N–H and O–H groups in total. The van der Waals surface area contributed by atoms with Crippen molar-refractivity contribution in [1.29, 1.82) is 0 Å². The van der Waals surface area contributed by atoms with Crippen LogP contribution in [0.1, 0.15) is 6.42 Å². The van der Waals surface area contributed by atoms with Crippen LogP contribution >= 0.6 is 15.9 Å². The standard InChI is InChI=1S/C11H13BrFNO4S2/c1-14(8-4-5-19(15,16)7-8)20(17,18)9-2-3-10(12)11(13)6-9/h2-3,6,8H,4-5,7H2,1H3. The summed E-state index contributed by atoms with van der Waals surface area (Å²) in [6.45, 7) is 0. The monoisotopic (exact) mass is 385 g/mol. The Bertz CT molecular complexity index is 733. The van der Waals surface area contributed by atoms with Crippen molar-refractivity contribution >= 4 is 35.8 Å². The summed E-state index contributed by atoms with van der Waals surface area (Å²) in [6, 6.07) is 2.90. The number of sulfonamides is 1. The number of sulfone groups is 1. The summed E-state index contributed by atoms with van der Waals surface area (Å²) in [5.41, 5.74) is 0. The van der Waals surface area contributed by atoms with Crippen LogP contribution in [0.25, 0.3) is 0 Å². The largest absolute Gasteiger partial charge is 0.243 e. The van der Waals surface area contributed by atoms with Gasteiger partial charge in [0.05, 0.1) is 20.9 Å². The fraction of sp³-hybridized carbons (Fsp3) is 0.455. The highest BCUT2D eigenvalue weighted by atomic mass is 79.9. The molecule has 0 radical (unpaired) electrons. The minimum absolute atomic E-state index is 0.0216. The first-order chi connectivity index (χ1) is 9.13. The first-order valence-electron chi connectivity index (χ1n) is 5.77. The molecule has 0 saturated carbocycles. The molecule has 1 saturated heterocycles. The molecule has 1 unspecified atom stereocenters. The van der Waals surface area contributed by atoms with Crippen LogP contribution in [0.5, 0.6) is 0 Å². The average molecular weight is 386 g/mol. The van der Waals surface area contributed by atoms with Gasteiger partial charge in [-0.3, -0.25) is 0 Å². The zero-order valence-corrected chi connectivity index (χ0v) is 13.8. The Morgan fingerprint density at radius 2 is 2.05 bits per heavy atom. The minimum atomic E-state index is -3.90. The van der Waals surface area contributed by atoms with Gasteiger partial charge < -0.3 is 0 Å². The van der Waals surface area contributed by atoms with Crippen LogP contribution in [-0.2, 0) is 19.9 Å². The van der Waals surface area contributed by atoms with E-state index in [9.17, 15) is 21.2 Å². The molecule has 1 aliphatic heterocycles. The number of nitrogens with zero attached hydrogens (tertiary/aromatic N) is 1. The van der Waals surface area contributed by atoms with Crippen molar-refractivity contribution in [3.63, 3.8) is 0 Å². The molecule has 5 nitrogen and oxygen atoms in total. The Balaban J connectivity index is 2.32. The summed E-state index contributed by atoms with van der Waals surface area (Å²) in [7, 11) is -5.77. The molecule has 20 heavy (non-hydrogen) atoms. The van der Waals surface area contributed by atoms with Crippen LogP contribution < -0.4 is 0 Å². The fourth-order valence-electron chi connectivity index (χ4n) is 2.06. The number of hydrogen-bond acceptors (Lipinski definition) is 4. The third-order valence-electron chi connectivity index (χ3n) is 3.29. The number of halogens is 2. The van der Waals surface area contributed by atoms with E-state index >= 15 is 0 Å². The Morgan fingerprint density at radius 3 is 2.55 bits per heavy atom. The first-order valence-corrected chi connectivity index (χ1v) is 9.82. The van der Waals surface area contributed by atoms with Crippen LogP contribution in [0.3, 0.4) is 0 Å². The van der Waals surface area contributed by atoms with Gasteiger partial charge in [-0.25, -0.2) is 21.2 Å². The lowest BCUT2D eigenvalue weighted by Crippen LogP contribution is -2.37. The van der Waals surface area contributed by atoms with Crippen LogP contribution in [0.4, 0.5) is 4.39 Å². The molecule has 1 aliphatic rings. The average Bonchev–Trinajstić information content (AvgIpc) is 2.72. The van der Waals surface area contributed by atoms with E-state index < -0.39 is 31.7 Å². The molecule has 1 heterocycles. The second-order valence-corrected chi connectivity index (χ2v) is 9.73. The molecule has 0 aliphatic carbocycles. The Morgan fingerprint density at radius 1 is 1.40 bits per heavy atom. The smallest absolute Gasteiger partial charge is 0.229 e. The van der Waals surface area contributed by atoms with Gasteiger partial charge in [0.2, 0.25) is 10.0 Å². The molecule has 1 aromatic carbocycles. The summed E-state index contributed by atoms with van der Waals surface area (Å²) >= 11 is 2.95. The van der Waals surface area contributed by atoms with Crippen molar-refractivity contribution in [2.75, 3.05) is 18.6 Å². The van der Waals surface area contributed by atoms with E-state index in [4.69, 9.17) is 0 Å². The highest BCUT2D eigenvalue weighted by Crippen LogP contribution is 2.25. The van der Waals surface area contributed by atoms with E-state index in [1.807, 2.05) is 0 Å². The summed E-state index contributed by atoms with van der Waals surface area (Å²) in [5.74, 6) is -0.896. The van der Waals surface area contributed by atoms with Gasteiger partial charge in [0.1, 0.15) is 5.82 Å². The van der Waals surface area contributed by atoms with Crippen molar-refractivity contribution in [1.82, 2.24) is 4.31 Å². The predicted octanol–water partition coefficient (Wildman–Crippen LogP) is 1.40. The van der Waals surface area contributed by atoms with Crippen LogP contribution in [0, 0.1) is 5.82 Å². The van der Waals surface area contributed by atoms with Crippen molar-refractivity contribution in [3.05, 3.63) is 28.5 Å². The quantitative estimate of drug-likeness (QED) is 0.788. The van der Waals surface area contributed by atoms with Gasteiger partial charge in [0.25, 0.3) is 0 Å². The lowest BCUT2D eigenvalue weighted by Gasteiger charge is -2.22. The minimum Gasteiger partial charge on any atom is -0.229 e. The molecular weight excluding hydrogens is 373 g/mol. The third kappa shape index (κ3) is 3.05. The highest BCUT2D eigenvalue weighted by Gasteiger charge is 2.36. The Hall–Kier alpha value is -0.510. The normalized spacial score (nSPS) is 22.3. The van der Waals surface area contributed by atoms with Gasteiger partial charge >= 0.3 is 0 Å². The highest BCUT2D eigenvalue weighted by molar-refractivity contribution is 9.10. The molecule has 0 spiro atoms. The topological polar surface area (TPSA) is 71.5 Å². The van der Waals surface area contributed by atoms with Gasteiger partial charge in [-0.1, -0.05) is 0 Å². The second-order valence-electron chi connectivity index (χ2n) is 4.65. The Kier molecular flexibility index (Phi) is 4.25. The lowest BCUT2D eigenvalue weighted by molar-refractivity contribution is 0.393.